The monoisotopic (exact) mass is 834 g/mol. The van der Waals surface area contributed by atoms with E-state index in [-0.39, 0.29) is 5.41 Å². The maximum atomic E-state index is 5.65. The second-order valence-electron chi connectivity index (χ2n) is 17.7. The minimum atomic E-state index is -0.288. The van der Waals surface area contributed by atoms with Crippen LogP contribution in [0.4, 0.5) is 0 Å². The van der Waals surface area contributed by atoms with Crippen molar-refractivity contribution in [2.75, 3.05) is 0 Å². The predicted molar refractivity (Wildman–Crippen MR) is 270 cm³/mol. The molecule has 5 heteroatoms. The van der Waals surface area contributed by atoms with Gasteiger partial charge in [0.25, 0.3) is 0 Å². The summed E-state index contributed by atoms with van der Waals surface area (Å²) in [5.41, 5.74) is 16.0. The van der Waals surface area contributed by atoms with Crippen LogP contribution in [0.3, 0.4) is 0 Å². The normalized spacial score (nSPS) is 13.3. The van der Waals surface area contributed by atoms with Crippen LogP contribution >= 0.6 is 11.3 Å². The molecule has 0 atom stereocenters. The van der Waals surface area contributed by atoms with Crippen molar-refractivity contribution in [1.82, 2.24) is 19.1 Å². The first-order valence-electron chi connectivity index (χ1n) is 22.0. The summed E-state index contributed by atoms with van der Waals surface area (Å²) in [5, 5.41) is 8.50. The van der Waals surface area contributed by atoms with E-state index in [1.54, 1.807) is 0 Å². The molecule has 13 aromatic rings. The first kappa shape index (κ1) is 35.7. The predicted octanol–water partition coefficient (Wildman–Crippen LogP) is 15.8. The molecule has 9 aromatic carbocycles. The van der Waals surface area contributed by atoms with E-state index in [4.69, 9.17) is 9.97 Å². The summed E-state index contributed by atoms with van der Waals surface area (Å²) in [5.74, 6) is 0.657. The van der Waals surface area contributed by atoms with Gasteiger partial charge in [0, 0.05) is 69.3 Å². The van der Waals surface area contributed by atoms with E-state index in [9.17, 15) is 0 Å². The quantitative estimate of drug-likeness (QED) is 0.177. The van der Waals surface area contributed by atoms with Gasteiger partial charge in [-0.05, 0) is 76.3 Å². The molecule has 0 radical (unpaired) electrons. The van der Waals surface area contributed by atoms with Crippen molar-refractivity contribution in [3.8, 4) is 45.1 Å². The van der Waals surface area contributed by atoms with E-state index in [1.165, 1.54) is 86.1 Å². The molecule has 14 rings (SSSR count). The zero-order valence-corrected chi connectivity index (χ0v) is 36.0. The molecule has 0 spiro atoms. The molecule has 0 saturated carbocycles. The summed E-state index contributed by atoms with van der Waals surface area (Å²) in [4.78, 5) is 11.1. The van der Waals surface area contributed by atoms with Crippen LogP contribution in [-0.4, -0.2) is 19.1 Å². The standard InChI is InChI=1S/C59H38N4S/c1-59(2)45-23-11-6-19-40(45)51-54(59)52-42-21-8-14-26-48(42)63(57(52)53-43-22-9-13-25-47(43)62(56(51)53)38-16-4-3-5-17-38)58-60-46-24-12-7-20-41(46)55(61-58)36-30-28-35(29-31-36)37-32-33-50-44(34-37)39-18-10-15-27-49(39)64-50/h3-34H,1-2H3. The van der Waals surface area contributed by atoms with Gasteiger partial charge >= 0.3 is 0 Å². The fourth-order valence-electron chi connectivity index (χ4n) is 11.1. The fraction of sp³-hybridized carbons (Fsp3) is 0.0508. The Morgan fingerprint density at radius 2 is 1.06 bits per heavy atom. The molecule has 0 aliphatic heterocycles. The molecule has 4 heterocycles. The second-order valence-corrected chi connectivity index (χ2v) is 18.8. The molecule has 1 aliphatic rings. The maximum Gasteiger partial charge on any atom is 0.235 e. The Morgan fingerprint density at radius 1 is 0.453 bits per heavy atom. The van der Waals surface area contributed by atoms with Crippen LogP contribution in [0.2, 0.25) is 0 Å². The Balaban J connectivity index is 1.07. The number of thiophene rings is 1. The summed E-state index contributed by atoms with van der Waals surface area (Å²) in [6.07, 6.45) is 0. The molecule has 0 amide bonds. The molecule has 0 fully saturated rings. The fourth-order valence-corrected chi connectivity index (χ4v) is 12.2. The highest BCUT2D eigenvalue weighted by molar-refractivity contribution is 7.25. The van der Waals surface area contributed by atoms with Crippen LogP contribution in [0.5, 0.6) is 0 Å². The lowest BCUT2D eigenvalue weighted by atomic mass is 9.80. The van der Waals surface area contributed by atoms with Crippen LogP contribution < -0.4 is 0 Å². The SMILES string of the molecule is CC1(C)c2ccccc2-c2c1c1c3ccccc3n(-c3nc(-c4ccc(-c5ccc6sc7ccccc7c6c5)cc4)c4ccccc4n3)c1c1c3ccccc3n(-c3ccccc3)c21. The van der Waals surface area contributed by atoms with Gasteiger partial charge in [0.05, 0.1) is 33.3 Å². The van der Waals surface area contributed by atoms with Gasteiger partial charge in [0.1, 0.15) is 0 Å². The van der Waals surface area contributed by atoms with Crippen molar-refractivity contribution in [1.29, 1.82) is 0 Å². The highest BCUT2D eigenvalue weighted by Gasteiger charge is 2.41. The summed E-state index contributed by atoms with van der Waals surface area (Å²) in [6, 6.07) is 70.6. The number of fused-ring (bicyclic) bond motifs is 16. The van der Waals surface area contributed by atoms with Gasteiger partial charge in [0.2, 0.25) is 5.95 Å². The molecule has 4 nitrogen and oxygen atoms in total. The minimum Gasteiger partial charge on any atom is -0.309 e. The van der Waals surface area contributed by atoms with Gasteiger partial charge in [-0.15, -0.1) is 11.3 Å². The van der Waals surface area contributed by atoms with Gasteiger partial charge in [-0.25, -0.2) is 9.97 Å². The van der Waals surface area contributed by atoms with Crippen molar-refractivity contribution in [2.45, 2.75) is 19.3 Å². The molecule has 0 saturated heterocycles. The first-order valence-corrected chi connectivity index (χ1v) is 22.8. The van der Waals surface area contributed by atoms with E-state index in [1.807, 2.05) is 11.3 Å². The molecule has 300 valence electrons. The van der Waals surface area contributed by atoms with E-state index >= 15 is 0 Å². The Hall–Kier alpha value is -7.86. The number of aromatic nitrogens is 4. The Labute approximate surface area is 372 Å². The molecule has 0 unspecified atom stereocenters. The zero-order valence-electron chi connectivity index (χ0n) is 35.2. The number of hydrogen-bond acceptors (Lipinski definition) is 3. The Bertz CT molecular complexity index is 4090. The van der Waals surface area contributed by atoms with Gasteiger partial charge in [-0.3, -0.25) is 4.57 Å². The number of nitrogens with zero attached hydrogens (tertiary/aromatic N) is 4. The van der Waals surface area contributed by atoms with Crippen LogP contribution in [-0.2, 0) is 5.41 Å². The Kier molecular flexibility index (Phi) is 7.30. The van der Waals surface area contributed by atoms with Crippen molar-refractivity contribution >= 4 is 86.0 Å². The van der Waals surface area contributed by atoms with E-state index in [0.717, 1.165) is 38.9 Å². The molecule has 4 aromatic heterocycles. The van der Waals surface area contributed by atoms with Gasteiger partial charge in [-0.2, -0.15) is 0 Å². The second kappa shape index (κ2) is 13.1. The van der Waals surface area contributed by atoms with Crippen LogP contribution in [0.25, 0.3) is 120 Å². The molecule has 0 bridgehead atoms. The summed E-state index contributed by atoms with van der Waals surface area (Å²) >= 11 is 1.85. The third kappa shape index (κ3) is 4.82. The lowest BCUT2D eigenvalue weighted by Crippen LogP contribution is -2.15. The van der Waals surface area contributed by atoms with E-state index in [0.29, 0.717) is 5.95 Å². The molecular weight excluding hydrogens is 797 g/mol. The van der Waals surface area contributed by atoms with Crippen LogP contribution in [0.1, 0.15) is 25.0 Å². The number of para-hydroxylation sites is 4. The minimum absolute atomic E-state index is 0.288. The third-order valence-electron chi connectivity index (χ3n) is 13.9. The van der Waals surface area contributed by atoms with Crippen LogP contribution in [0.15, 0.2) is 194 Å². The van der Waals surface area contributed by atoms with E-state index in [2.05, 4.69) is 217 Å². The number of benzene rings is 9. The summed E-state index contributed by atoms with van der Waals surface area (Å²) in [6.45, 7) is 4.80. The van der Waals surface area contributed by atoms with Crippen LogP contribution in [0, 0.1) is 0 Å². The summed E-state index contributed by atoms with van der Waals surface area (Å²) < 4.78 is 7.50. The lowest BCUT2D eigenvalue weighted by molar-refractivity contribution is 0.667. The largest absolute Gasteiger partial charge is 0.309 e. The molecule has 64 heavy (non-hydrogen) atoms. The van der Waals surface area contributed by atoms with Crippen molar-refractivity contribution in [2.24, 2.45) is 0 Å². The smallest absolute Gasteiger partial charge is 0.235 e. The molecular formula is C59H38N4S. The van der Waals surface area contributed by atoms with E-state index < -0.39 is 0 Å². The number of rotatable bonds is 4. The first-order chi connectivity index (χ1) is 31.5. The Morgan fingerprint density at radius 3 is 1.88 bits per heavy atom. The zero-order chi connectivity index (χ0) is 42.3. The highest BCUT2D eigenvalue weighted by Crippen LogP contribution is 2.58. The van der Waals surface area contributed by atoms with Crippen molar-refractivity contribution in [3.63, 3.8) is 0 Å². The topological polar surface area (TPSA) is 35.6 Å². The third-order valence-corrected chi connectivity index (χ3v) is 15.0. The number of hydrogen-bond donors (Lipinski definition) is 0. The molecule has 0 N–H and O–H groups in total. The highest BCUT2D eigenvalue weighted by atomic mass is 32.1. The average Bonchev–Trinajstić information content (AvgIpc) is 4.06. The van der Waals surface area contributed by atoms with Crippen molar-refractivity contribution in [3.05, 3.63) is 205 Å². The summed E-state index contributed by atoms with van der Waals surface area (Å²) in [7, 11) is 0. The van der Waals surface area contributed by atoms with Gasteiger partial charge in [0.15, 0.2) is 0 Å². The average molecular weight is 835 g/mol. The van der Waals surface area contributed by atoms with Gasteiger partial charge < -0.3 is 4.57 Å². The van der Waals surface area contributed by atoms with Crippen molar-refractivity contribution < 1.29 is 0 Å². The lowest BCUT2D eigenvalue weighted by Gasteiger charge is -2.23. The van der Waals surface area contributed by atoms with Gasteiger partial charge in [-0.1, -0.05) is 159 Å². The maximum absolute atomic E-state index is 5.65. The molecule has 1 aliphatic carbocycles.